The summed E-state index contributed by atoms with van der Waals surface area (Å²) in [5.41, 5.74) is 3.93. The van der Waals surface area contributed by atoms with Crippen LogP contribution in [0.25, 0.3) is 16.8 Å². The zero-order valence-corrected chi connectivity index (χ0v) is 16.2. The third-order valence-electron chi connectivity index (χ3n) is 4.40. The van der Waals surface area contributed by atoms with Gasteiger partial charge in [0.2, 0.25) is 0 Å². The van der Waals surface area contributed by atoms with Crippen molar-refractivity contribution in [3.05, 3.63) is 47.2 Å². The van der Waals surface area contributed by atoms with Gasteiger partial charge in [-0.1, -0.05) is 51.4 Å². The van der Waals surface area contributed by atoms with Crippen LogP contribution in [0.4, 0.5) is 5.82 Å². The van der Waals surface area contributed by atoms with Crippen LogP contribution in [0.3, 0.4) is 0 Å². The van der Waals surface area contributed by atoms with Gasteiger partial charge in [0.1, 0.15) is 5.82 Å². The van der Waals surface area contributed by atoms with E-state index in [1.165, 1.54) is 0 Å². The molecular weight excluding hydrogens is 332 g/mol. The molecule has 0 bridgehead atoms. The highest BCUT2D eigenvalue weighted by molar-refractivity contribution is 6.30. The van der Waals surface area contributed by atoms with Gasteiger partial charge in [0, 0.05) is 28.1 Å². The topological polar surface area (TPSA) is 42.2 Å². The molecule has 1 N–H and O–H groups in total. The zero-order valence-electron chi connectivity index (χ0n) is 15.5. The molecule has 1 atom stereocenters. The summed E-state index contributed by atoms with van der Waals surface area (Å²) in [5, 5.41) is 8.87. The van der Waals surface area contributed by atoms with Gasteiger partial charge in [0.05, 0.1) is 11.9 Å². The van der Waals surface area contributed by atoms with Gasteiger partial charge >= 0.3 is 0 Å². The lowest BCUT2D eigenvalue weighted by Gasteiger charge is -2.21. The molecule has 2 heterocycles. The lowest BCUT2D eigenvalue weighted by Crippen LogP contribution is -2.20. The van der Waals surface area contributed by atoms with Crippen molar-refractivity contribution >= 4 is 23.1 Å². The van der Waals surface area contributed by atoms with E-state index in [0.717, 1.165) is 39.7 Å². The Morgan fingerprint density at radius 2 is 1.88 bits per heavy atom. The Bertz CT molecular complexity index is 875. The van der Waals surface area contributed by atoms with Crippen LogP contribution >= 0.6 is 11.6 Å². The summed E-state index contributed by atoms with van der Waals surface area (Å²) < 4.78 is 1.89. The highest BCUT2D eigenvalue weighted by Crippen LogP contribution is 2.30. The summed E-state index contributed by atoms with van der Waals surface area (Å²) in [6, 6.07) is 10.3. The number of aromatic nitrogens is 3. The average Bonchev–Trinajstić information content (AvgIpc) is 2.99. The summed E-state index contributed by atoms with van der Waals surface area (Å²) >= 11 is 6.03. The van der Waals surface area contributed by atoms with Crippen molar-refractivity contribution in [1.29, 1.82) is 0 Å². The van der Waals surface area contributed by atoms with Gasteiger partial charge in [-0.2, -0.15) is 9.61 Å². The monoisotopic (exact) mass is 356 g/mol. The fourth-order valence-corrected chi connectivity index (χ4v) is 2.76. The predicted octanol–water partition coefficient (Wildman–Crippen LogP) is 5.56. The Morgan fingerprint density at radius 1 is 1.20 bits per heavy atom. The number of benzene rings is 1. The Kier molecular flexibility index (Phi) is 4.74. The molecule has 0 amide bonds. The Labute approximate surface area is 154 Å². The number of fused-ring (bicyclic) bond motifs is 1. The zero-order chi connectivity index (χ0) is 18.2. The number of nitrogens with one attached hydrogen (secondary N) is 1. The second-order valence-corrected chi connectivity index (χ2v) is 7.97. The number of halogens is 1. The second kappa shape index (κ2) is 6.68. The third kappa shape index (κ3) is 3.64. The van der Waals surface area contributed by atoms with E-state index in [0.29, 0.717) is 6.04 Å². The Hall–Kier alpha value is -2.07. The number of hydrogen-bond donors (Lipinski definition) is 1. The molecule has 0 aliphatic heterocycles. The molecule has 0 spiro atoms. The van der Waals surface area contributed by atoms with E-state index in [-0.39, 0.29) is 5.41 Å². The molecule has 3 rings (SSSR count). The molecule has 132 valence electrons. The molecule has 0 aliphatic rings. The molecule has 0 saturated carbocycles. The Balaban J connectivity index is 2.21. The van der Waals surface area contributed by atoms with Crippen molar-refractivity contribution in [3.8, 4) is 11.1 Å². The standard InChI is InChI=1S/C20H25ClN4/c1-6-13(2)23-18-11-17(20(3,4)5)24-19-16(12-22-25(18)19)14-7-9-15(21)10-8-14/h7-13,23H,6H2,1-5H3/t13-/m0/s1. The van der Waals surface area contributed by atoms with Gasteiger partial charge in [-0.05, 0) is 31.0 Å². The smallest absolute Gasteiger partial charge is 0.165 e. The van der Waals surface area contributed by atoms with Crippen LogP contribution in [0.2, 0.25) is 5.02 Å². The minimum absolute atomic E-state index is 0.0465. The molecule has 0 fully saturated rings. The van der Waals surface area contributed by atoms with Crippen LogP contribution in [0.15, 0.2) is 36.5 Å². The maximum absolute atomic E-state index is 6.03. The fraction of sp³-hybridized carbons (Fsp3) is 0.400. The summed E-state index contributed by atoms with van der Waals surface area (Å²) in [7, 11) is 0. The molecule has 0 saturated heterocycles. The SMILES string of the molecule is CC[C@H](C)Nc1cc(C(C)(C)C)nc2c(-c3ccc(Cl)cc3)cnn12. The van der Waals surface area contributed by atoms with Gasteiger partial charge in [-0.25, -0.2) is 4.98 Å². The largest absolute Gasteiger partial charge is 0.367 e. The minimum Gasteiger partial charge on any atom is -0.367 e. The fourth-order valence-electron chi connectivity index (χ4n) is 2.64. The van der Waals surface area contributed by atoms with Crippen LogP contribution < -0.4 is 5.32 Å². The van der Waals surface area contributed by atoms with Crippen molar-refractivity contribution in [2.75, 3.05) is 5.32 Å². The van der Waals surface area contributed by atoms with E-state index in [2.05, 4.69) is 51.1 Å². The van der Waals surface area contributed by atoms with Crippen LogP contribution in [0, 0.1) is 0 Å². The van der Waals surface area contributed by atoms with E-state index in [9.17, 15) is 0 Å². The van der Waals surface area contributed by atoms with Crippen LogP contribution in [-0.4, -0.2) is 20.6 Å². The van der Waals surface area contributed by atoms with E-state index in [1.54, 1.807) is 0 Å². The maximum atomic E-state index is 6.03. The molecule has 0 aliphatic carbocycles. The van der Waals surface area contributed by atoms with Gasteiger partial charge in [0.25, 0.3) is 0 Å². The summed E-state index contributed by atoms with van der Waals surface area (Å²) in [6.45, 7) is 10.9. The Morgan fingerprint density at radius 3 is 2.48 bits per heavy atom. The number of rotatable bonds is 4. The molecule has 0 radical (unpaired) electrons. The predicted molar refractivity (Wildman–Crippen MR) is 106 cm³/mol. The molecule has 25 heavy (non-hydrogen) atoms. The average molecular weight is 357 g/mol. The maximum Gasteiger partial charge on any atom is 0.165 e. The van der Waals surface area contributed by atoms with E-state index in [4.69, 9.17) is 16.6 Å². The molecule has 2 aromatic heterocycles. The molecule has 1 aromatic carbocycles. The lowest BCUT2D eigenvalue weighted by atomic mass is 9.92. The normalized spacial score (nSPS) is 13.2. The van der Waals surface area contributed by atoms with Crippen LogP contribution in [0.5, 0.6) is 0 Å². The van der Waals surface area contributed by atoms with Crippen molar-refractivity contribution in [2.45, 2.75) is 52.5 Å². The van der Waals surface area contributed by atoms with Crippen molar-refractivity contribution in [3.63, 3.8) is 0 Å². The van der Waals surface area contributed by atoms with Gasteiger partial charge in [0.15, 0.2) is 5.65 Å². The first-order valence-electron chi connectivity index (χ1n) is 8.71. The van der Waals surface area contributed by atoms with E-state index in [1.807, 2.05) is 35.0 Å². The molecule has 3 aromatic rings. The first kappa shape index (κ1) is 17.7. The van der Waals surface area contributed by atoms with Gasteiger partial charge in [-0.15, -0.1) is 0 Å². The summed E-state index contributed by atoms with van der Waals surface area (Å²) in [5.74, 6) is 0.976. The molecule has 4 nitrogen and oxygen atoms in total. The number of nitrogens with zero attached hydrogens (tertiary/aromatic N) is 3. The van der Waals surface area contributed by atoms with Gasteiger partial charge < -0.3 is 5.32 Å². The molecular formula is C20H25ClN4. The lowest BCUT2D eigenvalue weighted by molar-refractivity contribution is 0.568. The van der Waals surface area contributed by atoms with Crippen LogP contribution in [0.1, 0.15) is 46.7 Å². The van der Waals surface area contributed by atoms with Crippen molar-refractivity contribution in [1.82, 2.24) is 14.6 Å². The van der Waals surface area contributed by atoms with Crippen molar-refractivity contribution in [2.24, 2.45) is 0 Å². The second-order valence-electron chi connectivity index (χ2n) is 7.53. The van der Waals surface area contributed by atoms with E-state index >= 15 is 0 Å². The first-order chi connectivity index (χ1) is 11.8. The van der Waals surface area contributed by atoms with E-state index < -0.39 is 0 Å². The van der Waals surface area contributed by atoms with Gasteiger partial charge in [-0.3, -0.25) is 0 Å². The van der Waals surface area contributed by atoms with Crippen LogP contribution in [-0.2, 0) is 5.41 Å². The van der Waals surface area contributed by atoms with Crippen molar-refractivity contribution < 1.29 is 0 Å². The number of anilines is 1. The highest BCUT2D eigenvalue weighted by atomic mass is 35.5. The first-order valence-corrected chi connectivity index (χ1v) is 9.09. The molecule has 0 unspecified atom stereocenters. The number of hydrogen-bond acceptors (Lipinski definition) is 3. The summed E-state index contributed by atoms with van der Waals surface area (Å²) in [4.78, 5) is 4.93. The molecule has 5 heteroatoms. The quantitative estimate of drug-likeness (QED) is 0.665. The highest BCUT2D eigenvalue weighted by Gasteiger charge is 2.21. The summed E-state index contributed by atoms with van der Waals surface area (Å²) in [6.07, 6.45) is 2.92. The minimum atomic E-state index is -0.0465. The third-order valence-corrected chi connectivity index (χ3v) is 4.65.